The molecule has 3 rings (SSSR count). The van der Waals surface area contributed by atoms with Gasteiger partial charge in [0.2, 0.25) is 0 Å². The molecule has 0 aliphatic carbocycles. The number of benzene rings is 2. The van der Waals surface area contributed by atoms with Crippen molar-refractivity contribution in [3.05, 3.63) is 71.8 Å². The van der Waals surface area contributed by atoms with Crippen LogP contribution in [0.5, 0.6) is 0 Å². The normalized spacial score (nSPS) is 17.1. The summed E-state index contributed by atoms with van der Waals surface area (Å²) in [5.41, 5.74) is 1.94. The molecule has 0 spiro atoms. The van der Waals surface area contributed by atoms with Gasteiger partial charge in [0.1, 0.15) is 6.61 Å². The standard InChI is InChI=1S/C22H25NO6/c1-17(27-13-18-8-4-2-5-9-18)12-26-15-20-21(24)29-16-23(20)22(25)28-14-19-10-6-3-7-11-19/h2-11,17,20H,12-16H2,1H3/t17?,20-/m0/s1. The number of amides is 1. The number of cyclic esters (lactones) is 1. The minimum Gasteiger partial charge on any atom is -0.444 e. The monoisotopic (exact) mass is 399 g/mol. The first-order valence-corrected chi connectivity index (χ1v) is 9.50. The number of esters is 1. The van der Waals surface area contributed by atoms with E-state index in [1.54, 1.807) is 0 Å². The average Bonchev–Trinajstić information content (AvgIpc) is 3.12. The summed E-state index contributed by atoms with van der Waals surface area (Å²) in [7, 11) is 0. The molecular formula is C22H25NO6. The van der Waals surface area contributed by atoms with Gasteiger partial charge >= 0.3 is 12.1 Å². The van der Waals surface area contributed by atoms with Gasteiger partial charge in [-0.2, -0.15) is 0 Å². The van der Waals surface area contributed by atoms with Crippen molar-refractivity contribution in [1.29, 1.82) is 0 Å². The Bertz CT molecular complexity index is 782. The van der Waals surface area contributed by atoms with Crippen LogP contribution in [0.15, 0.2) is 60.7 Å². The first kappa shape index (κ1) is 20.8. The van der Waals surface area contributed by atoms with E-state index in [0.717, 1.165) is 11.1 Å². The largest absolute Gasteiger partial charge is 0.444 e. The number of hydrogen-bond acceptors (Lipinski definition) is 6. The molecule has 1 fully saturated rings. The van der Waals surface area contributed by atoms with Crippen LogP contribution >= 0.6 is 0 Å². The fraction of sp³-hybridized carbons (Fsp3) is 0.364. The van der Waals surface area contributed by atoms with Gasteiger partial charge in [-0.3, -0.25) is 4.90 Å². The van der Waals surface area contributed by atoms with E-state index < -0.39 is 18.1 Å². The van der Waals surface area contributed by atoms with Gasteiger partial charge in [-0.05, 0) is 18.1 Å². The first-order chi connectivity index (χ1) is 14.1. The number of hydrogen-bond donors (Lipinski definition) is 0. The van der Waals surface area contributed by atoms with E-state index in [2.05, 4.69) is 0 Å². The highest BCUT2D eigenvalue weighted by atomic mass is 16.6. The van der Waals surface area contributed by atoms with Crippen molar-refractivity contribution >= 4 is 12.1 Å². The molecule has 1 heterocycles. The number of rotatable bonds is 9. The van der Waals surface area contributed by atoms with Crippen molar-refractivity contribution in [1.82, 2.24) is 4.90 Å². The number of carbonyl (C=O) groups is 2. The molecule has 1 aliphatic heterocycles. The molecule has 2 aromatic rings. The Labute approximate surface area is 170 Å². The van der Waals surface area contributed by atoms with Crippen LogP contribution in [-0.2, 0) is 37.0 Å². The van der Waals surface area contributed by atoms with E-state index >= 15 is 0 Å². The van der Waals surface area contributed by atoms with Crippen LogP contribution in [0.1, 0.15) is 18.1 Å². The highest BCUT2D eigenvalue weighted by molar-refractivity contribution is 5.83. The molecule has 0 bridgehead atoms. The van der Waals surface area contributed by atoms with E-state index in [4.69, 9.17) is 18.9 Å². The molecule has 0 N–H and O–H groups in total. The fourth-order valence-corrected chi connectivity index (χ4v) is 2.79. The predicted octanol–water partition coefficient (Wildman–Crippen LogP) is 3.13. The van der Waals surface area contributed by atoms with Crippen molar-refractivity contribution in [2.75, 3.05) is 19.9 Å². The highest BCUT2D eigenvalue weighted by Gasteiger charge is 2.39. The van der Waals surface area contributed by atoms with E-state index in [1.165, 1.54) is 4.90 Å². The summed E-state index contributed by atoms with van der Waals surface area (Å²) in [4.78, 5) is 25.5. The fourth-order valence-electron chi connectivity index (χ4n) is 2.79. The van der Waals surface area contributed by atoms with Gasteiger partial charge in [0.25, 0.3) is 0 Å². The van der Waals surface area contributed by atoms with Gasteiger partial charge in [0.05, 0.1) is 25.9 Å². The summed E-state index contributed by atoms with van der Waals surface area (Å²) in [6.45, 7) is 2.68. The quantitative estimate of drug-likeness (QED) is 0.603. The number of nitrogens with zero attached hydrogens (tertiary/aromatic N) is 1. The molecule has 2 aromatic carbocycles. The van der Waals surface area contributed by atoms with Crippen LogP contribution in [0, 0.1) is 0 Å². The third-order valence-electron chi connectivity index (χ3n) is 4.44. The third kappa shape index (κ3) is 6.30. The minimum absolute atomic E-state index is 0.0261. The maximum atomic E-state index is 12.3. The van der Waals surface area contributed by atoms with E-state index in [0.29, 0.717) is 13.2 Å². The molecule has 29 heavy (non-hydrogen) atoms. The lowest BCUT2D eigenvalue weighted by atomic mass is 10.2. The Hall–Kier alpha value is -2.90. The summed E-state index contributed by atoms with van der Waals surface area (Å²) in [6.07, 6.45) is -0.771. The van der Waals surface area contributed by atoms with Gasteiger partial charge in [-0.1, -0.05) is 60.7 Å². The number of ether oxygens (including phenoxy) is 4. The molecule has 154 valence electrons. The second-order valence-corrected chi connectivity index (χ2v) is 6.76. The van der Waals surface area contributed by atoms with Crippen LogP contribution in [0.3, 0.4) is 0 Å². The molecule has 7 nitrogen and oxygen atoms in total. The molecule has 0 radical (unpaired) electrons. The van der Waals surface area contributed by atoms with Crippen molar-refractivity contribution < 1.29 is 28.5 Å². The van der Waals surface area contributed by atoms with E-state index in [-0.39, 0.29) is 26.0 Å². The van der Waals surface area contributed by atoms with Crippen LogP contribution in [0.2, 0.25) is 0 Å². The molecule has 0 aromatic heterocycles. The Morgan fingerprint density at radius 2 is 1.69 bits per heavy atom. The summed E-state index contributed by atoms with van der Waals surface area (Å²) in [6, 6.07) is 18.3. The SMILES string of the molecule is CC(COC[C@H]1C(=O)OCN1C(=O)OCc1ccccc1)OCc1ccccc1. The molecule has 2 atom stereocenters. The van der Waals surface area contributed by atoms with E-state index in [1.807, 2.05) is 67.6 Å². The molecule has 7 heteroatoms. The van der Waals surface area contributed by atoms with Crippen LogP contribution in [-0.4, -0.2) is 49.1 Å². The zero-order chi connectivity index (χ0) is 20.5. The summed E-state index contributed by atoms with van der Waals surface area (Å²) < 4.78 is 21.6. The third-order valence-corrected chi connectivity index (χ3v) is 4.44. The Balaban J connectivity index is 1.41. The second kappa shape index (κ2) is 10.6. The lowest BCUT2D eigenvalue weighted by Crippen LogP contribution is -2.42. The smallest absolute Gasteiger partial charge is 0.413 e. The zero-order valence-electron chi connectivity index (χ0n) is 16.4. The van der Waals surface area contributed by atoms with E-state index in [9.17, 15) is 9.59 Å². The topological polar surface area (TPSA) is 74.3 Å². The Morgan fingerprint density at radius 3 is 2.34 bits per heavy atom. The van der Waals surface area contributed by atoms with Gasteiger partial charge in [-0.25, -0.2) is 9.59 Å². The predicted molar refractivity (Wildman–Crippen MR) is 105 cm³/mol. The van der Waals surface area contributed by atoms with Crippen LogP contribution < -0.4 is 0 Å². The van der Waals surface area contributed by atoms with Crippen molar-refractivity contribution in [3.8, 4) is 0 Å². The summed E-state index contributed by atoms with van der Waals surface area (Å²) in [5, 5.41) is 0. The Morgan fingerprint density at radius 1 is 1.07 bits per heavy atom. The van der Waals surface area contributed by atoms with Gasteiger partial charge < -0.3 is 18.9 Å². The molecule has 0 saturated carbocycles. The van der Waals surface area contributed by atoms with Gasteiger partial charge in [0.15, 0.2) is 12.8 Å². The maximum Gasteiger partial charge on any atom is 0.413 e. The summed E-state index contributed by atoms with van der Waals surface area (Å²) >= 11 is 0. The molecule has 1 amide bonds. The molecule has 1 unspecified atom stereocenters. The lowest BCUT2D eigenvalue weighted by Gasteiger charge is -2.20. The van der Waals surface area contributed by atoms with Crippen LogP contribution in [0.4, 0.5) is 4.79 Å². The minimum atomic E-state index is -0.820. The maximum absolute atomic E-state index is 12.3. The molecule has 1 saturated heterocycles. The van der Waals surface area contributed by atoms with Crippen molar-refractivity contribution in [2.24, 2.45) is 0 Å². The second-order valence-electron chi connectivity index (χ2n) is 6.76. The average molecular weight is 399 g/mol. The van der Waals surface area contributed by atoms with Gasteiger partial charge in [0, 0.05) is 0 Å². The highest BCUT2D eigenvalue weighted by Crippen LogP contribution is 2.15. The van der Waals surface area contributed by atoms with Crippen LogP contribution in [0.25, 0.3) is 0 Å². The number of carbonyl (C=O) groups excluding carboxylic acids is 2. The zero-order valence-corrected chi connectivity index (χ0v) is 16.4. The van der Waals surface area contributed by atoms with Gasteiger partial charge in [-0.15, -0.1) is 0 Å². The lowest BCUT2D eigenvalue weighted by molar-refractivity contribution is -0.140. The molecule has 1 aliphatic rings. The summed E-state index contributed by atoms with van der Waals surface area (Å²) in [5.74, 6) is -0.500. The van der Waals surface area contributed by atoms with Crippen molar-refractivity contribution in [2.45, 2.75) is 32.3 Å². The van der Waals surface area contributed by atoms with Crippen molar-refractivity contribution in [3.63, 3.8) is 0 Å². The Kier molecular flexibility index (Phi) is 7.61. The first-order valence-electron chi connectivity index (χ1n) is 9.50. The molecular weight excluding hydrogens is 374 g/mol.